The Morgan fingerprint density at radius 1 is 1.00 bits per heavy atom. The molecule has 3 aromatic carbocycles. The summed E-state index contributed by atoms with van der Waals surface area (Å²) < 4.78 is 50.2. The molecule has 1 amide bonds. The van der Waals surface area contributed by atoms with Crippen molar-refractivity contribution in [3.63, 3.8) is 0 Å². The average Bonchev–Trinajstić information content (AvgIpc) is 2.83. The quantitative estimate of drug-likeness (QED) is 0.383. The van der Waals surface area contributed by atoms with Crippen LogP contribution >= 0.6 is 0 Å². The summed E-state index contributed by atoms with van der Waals surface area (Å²) in [4.78, 5) is 28.5. The van der Waals surface area contributed by atoms with Crippen molar-refractivity contribution >= 4 is 34.2 Å². The number of carbonyl (C=O) groups excluding carboxylic acids is 1. The third-order valence-electron chi connectivity index (χ3n) is 4.99. The number of anilines is 1. The number of benzene rings is 3. The minimum absolute atomic E-state index is 0.0500. The lowest BCUT2D eigenvalue weighted by atomic mass is 10.1. The molecule has 0 radical (unpaired) electrons. The molecule has 0 saturated carbocycles. The molecular formula is C25H17F3N2O5. The fraction of sp³-hybridized carbons (Fsp3) is 0.0800. The maximum Gasteiger partial charge on any atom is 0.416 e. The lowest BCUT2D eigenvalue weighted by Crippen LogP contribution is -2.22. The van der Waals surface area contributed by atoms with Crippen molar-refractivity contribution < 1.29 is 37.0 Å². The second-order valence-corrected chi connectivity index (χ2v) is 7.37. The summed E-state index contributed by atoms with van der Waals surface area (Å²) in [5, 5.41) is 12.0. The van der Waals surface area contributed by atoms with Gasteiger partial charge < -0.3 is 19.6 Å². The van der Waals surface area contributed by atoms with E-state index in [-0.39, 0.29) is 22.4 Å². The zero-order valence-corrected chi connectivity index (χ0v) is 18.1. The summed E-state index contributed by atoms with van der Waals surface area (Å²) in [5.41, 5.74) is -0.407. The van der Waals surface area contributed by atoms with Crippen molar-refractivity contribution in [1.29, 1.82) is 0 Å². The van der Waals surface area contributed by atoms with Gasteiger partial charge in [0.2, 0.25) is 5.55 Å². The highest BCUT2D eigenvalue weighted by atomic mass is 19.4. The van der Waals surface area contributed by atoms with Crippen LogP contribution in [0.4, 0.5) is 24.5 Å². The predicted molar refractivity (Wildman–Crippen MR) is 121 cm³/mol. The van der Waals surface area contributed by atoms with Crippen LogP contribution in [0.25, 0.3) is 11.0 Å². The number of hydrogen-bond donors (Lipinski definition) is 2. The predicted octanol–water partition coefficient (Wildman–Crippen LogP) is 5.64. The van der Waals surface area contributed by atoms with Gasteiger partial charge in [-0.1, -0.05) is 6.07 Å². The van der Waals surface area contributed by atoms with E-state index in [1.165, 1.54) is 49.6 Å². The number of carbonyl (C=O) groups is 2. The number of aromatic carboxylic acids is 1. The largest absolute Gasteiger partial charge is 0.497 e. The number of carboxylic acid groups (broad SMARTS) is 1. The number of nitrogens with one attached hydrogen (secondary N) is 1. The van der Waals surface area contributed by atoms with E-state index in [9.17, 15) is 22.8 Å². The molecule has 1 aromatic heterocycles. The zero-order chi connectivity index (χ0) is 25.2. The number of methoxy groups -OCH3 is 1. The monoisotopic (exact) mass is 482 g/mol. The molecule has 0 aliphatic heterocycles. The second-order valence-electron chi connectivity index (χ2n) is 7.37. The van der Waals surface area contributed by atoms with Crippen LogP contribution in [0.5, 0.6) is 5.75 Å². The molecular weight excluding hydrogens is 465 g/mol. The van der Waals surface area contributed by atoms with Gasteiger partial charge in [-0.2, -0.15) is 13.2 Å². The highest BCUT2D eigenvalue weighted by molar-refractivity contribution is 6.05. The number of amides is 1. The lowest BCUT2D eigenvalue weighted by molar-refractivity contribution is -0.137. The molecule has 4 rings (SSSR count). The van der Waals surface area contributed by atoms with Gasteiger partial charge in [0.05, 0.1) is 23.9 Å². The molecule has 0 saturated heterocycles. The Morgan fingerprint density at radius 2 is 1.74 bits per heavy atom. The van der Waals surface area contributed by atoms with Crippen molar-refractivity contribution in [2.75, 3.05) is 12.4 Å². The minimum atomic E-state index is -4.57. The molecule has 0 fully saturated rings. The molecule has 0 aliphatic rings. The summed E-state index contributed by atoms with van der Waals surface area (Å²) in [6, 6.07) is 16.2. The van der Waals surface area contributed by atoms with Crippen LogP contribution in [0, 0.1) is 0 Å². The number of nitrogens with zero attached hydrogens (tertiary/aromatic N) is 1. The van der Waals surface area contributed by atoms with Crippen molar-refractivity contribution in [3.05, 3.63) is 95.0 Å². The maximum atomic E-state index is 13.1. The first-order chi connectivity index (χ1) is 16.6. The minimum Gasteiger partial charge on any atom is -0.497 e. The highest BCUT2D eigenvalue weighted by Crippen LogP contribution is 2.31. The van der Waals surface area contributed by atoms with Gasteiger partial charge in [-0.05, 0) is 66.7 Å². The number of carboxylic acids is 1. The van der Waals surface area contributed by atoms with Crippen LogP contribution in [-0.4, -0.2) is 24.1 Å². The zero-order valence-electron chi connectivity index (χ0n) is 18.1. The number of halogens is 3. The number of rotatable bonds is 5. The van der Waals surface area contributed by atoms with E-state index in [1.54, 1.807) is 18.2 Å². The summed E-state index contributed by atoms with van der Waals surface area (Å²) in [5.74, 6) is -1.35. The summed E-state index contributed by atoms with van der Waals surface area (Å²) in [6.07, 6.45) is -4.57. The molecule has 35 heavy (non-hydrogen) atoms. The number of fused-ring (bicyclic) bond motifs is 1. The number of hydrogen-bond acceptors (Lipinski definition) is 5. The van der Waals surface area contributed by atoms with E-state index in [2.05, 4.69) is 10.3 Å². The van der Waals surface area contributed by atoms with Gasteiger partial charge in [-0.3, -0.25) is 4.79 Å². The number of alkyl halides is 3. The van der Waals surface area contributed by atoms with E-state index in [0.717, 1.165) is 12.1 Å². The standard InChI is InChI=1S/C25H17F3N2O5/c1-34-19-9-10-21-15(11-19)12-20(22(31)29-18-4-2-3-16(13-18)25(26,27)28)23(35-21)30-17-7-5-14(6-8-17)24(32)33/h2-13H,1H3,(H,29,31)(H,32,33). The van der Waals surface area contributed by atoms with E-state index in [0.29, 0.717) is 22.4 Å². The normalized spacial score (nSPS) is 11.9. The first-order valence-electron chi connectivity index (χ1n) is 10.1. The molecule has 10 heteroatoms. The Balaban J connectivity index is 1.81. The molecule has 4 aromatic rings. The second kappa shape index (κ2) is 9.34. The van der Waals surface area contributed by atoms with E-state index in [1.807, 2.05) is 0 Å². The SMILES string of the molecule is COc1ccc2oc(=Nc3ccc(C(=O)O)cc3)c(C(=O)Nc3cccc(C(F)(F)F)c3)cc2c1. The average molecular weight is 482 g/mol. The molecule has 178 valence electrons. The molecule has 0 atom stereocenters. The third-order valence-corrected chi connectivity index (χ3v) is 4.99. The Hall–Kier alpha value is -4.60. The Morgan fingerprint density at radius 3 is 2.40 bits per heavy atom. The van der Waals surface area contributed by atoms with Crippen LogP contribution < -0.4 is 15.6 Å². The van der Waals surface area contributed by atoms with E-state index >= 15 is 0 Å². The molecule has 0 bridgehead atoms. The van der Waals surface area contributed by atoms with E-state index < -0.39 is 23.6 Å². The van der Waals surface area contributed by atoms with Gasteiger partial charge in [0.1, 0.15) is 16.9 Å². The lowest BCUT2D eigenvalue weighted by Gasteiger charge is -2.10. The van der Waals surface area contributed by atoms with Gasteiger partial charge in [-0.25, -0.2) is 9.79 Å². The molecule has 7 nitrogen and oxygen atoms in total. The molecule has 1 heterocycles. The first-order valence-corrected chi connectivity index (χ1v) is 10.1. The van der Waals surface area contributed by atoms with Gasteiger partial charge in [-0.15, -0.1) is 0 Å². The molecule has 0 unspecified atom stereocenters. The van der Waals surface area contributed by atoms with Crippen molar-refractivity contribution in [3.8, 4) is 5.75 Å². The highest BCUT2D eigenvalue weighted by Gasteiger charge is 2.30. The van der Waals surface area contributed by atoms with E-state index in [4.69, 9.17) is 14.3 Å². The van der Waals surface area contributed by atoms with Crippen molar-refractivity contribution in [1.82, 2.24) is 0 Å². The summed E-state index contributed by atoms with van der Waals surface area (Å²) >= 11 is 0. The Labute approximate surface area is 196 Å². The topological polar surface area (TPSA) is 101 Å². The third kappa shape index (κ3) is 5.32. The summed E-state index contributed by atoms with van der Waals surface area (Å²) in [6.45, 7) is 0. The van der Waals surface area contributed by atoms with Crippen LogP contribution in [0.1, 0.15) is 26.3 Å². The summed E-state index contributed by atoms with van der Waals surface area (Å²) in [7, 11) is 1.48. The Bertz CT molecular complexity index is 1490. The Kier molecular flexibility index (Phi) is 6.28. The van der Waals surface area contributed by atoms with Crippen molar-refractivity contribution in [2.24, 2.45) is 4.99 Å². The smallest absolute Gasteiger partial charge is 0.416 e. The van der Waals surface area contributed by atoms with Gasteiger partial charge in [0.15, 0.2) is 0 Å². The van der Waals surface area contributed by atoms with Crippen molar-refractivity contribution in [2.45, 2.75) is 6.18 Å². The van der Waals surface area contributed by atoms with Gasteiger partial charge in [0.25, 0.3) is 5.91 Å². The van der Waals surface area contributed by atoms with Crippen LogP contribution in [0.15, 0.2) is 82.2 Å². The van der Waals surface area contributed by atoms with Gasteiger partial charge >= 0.3 is 12.1 Å². The fourth-order valence-electron chi connectivity index (χ4n) is 3.25. The maximum absolute atomic E-state index is 13.1. The molecule has 0 spiro atoms. The molecule has 2 N–H and O–H groups in total. The number of ether oxygens (including phenoxy) is 1. The first kappa shape index (κ1) is 23.6. The van der Waals surface area contributed by atoms with Crippen LogP contribution in [0.2, 0.25) is 0 Å². The molecule has 0 aliphatic carbocycles. The van der Waals surface area contributed by atoms with Gasteiger partial charge in [0, 0.05) is 11.1 Å². The van der Waals surface area contributed by atoms with Crippen LogP contribution in [0.3, 0.4) is 0 Å². The van der Waals surface area contributed by atoms with Crippen LogP contribution in [-0.2, 0) is 6.18 Å². The fourth-order valence-corrected chi connectivity index (χ4v) is 3.25.